The predicted octanol–water partition coefficient (Wildman–Crippen LogP) is 5.03. The van der Waals surface area contributed by atoms with Crippen LogP contribution in [0.25, 0.3) is 22.8 Å². The van der Waals surface area contributed by atoms with Gasteiger partial charge in [-0.25, -0.2) is 4.98 Å². The lowest BCUT2D eigenvalue weighted by Crippen LogP contribution is -2.03. The van der Waals surface area contributed by atoms with E-state index in [0.717, 1.165) is 16.9 Å². The minimum absolute atomic E-state index is 0.449. The molecular formula is C22H20N4O. The van der Waals surface area contributed by atoms with Crippen LogP contribution in [0.5, 0.6) is 0 Å². The van der Waals surface area contributed by atoms with Crippen molar-refractivity contribution < 1.29 is 4.52 Å². The Morgan fingerprint density at radius 2 is 1.59 bits per heavy atom. The normalized spacial score (nSPS) is 10.7. The van der Waals surface area contributed by atoms with Crippen LogP contribution >= 0.6 is 0 Å². The number of nitrogens with zero attached hydrogens (tertiary/aromatic N) is 3. The first-order chi connectivity index (χ1) is 13.2. The number of nitrogens with one attached hydrogen (secondary N) is 1. The fourth-order valence-corrected chi connectivity index (χ4v) is 2.76. The van der Waals surface area contributed by atoms with E-state index in [4.69, 9.17) is 4.52 Å². The Hall–Kier alpha value is -3.47. The van der Waals surface area contributed by atoms with E-state index in [0.29, 0.717) is 18.3 Å². The molecule has 0 saturated carbocycles. The van der Waals surface area contributed by atoms with Crippen molar-refractivity contribution in [2.24, 2.45) is 0 Å². The molecule has 0 atom stereocenters. The monoisotopic (exact) mass is 356 g/mol. The van der Waals surface area contributed by atoms with Gasteiger partial charge in [0.25, 0.3) is 5.89 Å². The summed E-state index contributed by atoms with van der Waals surface area (Å²) in [4.78, 5) is 8.99. The lowest BCUT2D eigenvalue weighted by atomic mass is 10.1. The number of hydrogen-bond donors (Lipinski definition) is 1. The van der Waals surface area contributed by atoms with Gasteiger partial charge in [0.15, 0.2) is 0 Å². The number of anilines is 1. The molecule has 0 amide bonds. The third-order valence-corrected chi connectivity index (χ3v) is 4.35. The summed E-state index contributed by atoms with van der Waals surface area (Å²) in [7, 11) is 0. The van der Waals surface area contributed by atoms with Gasteiger partial charge >= 0.3 is 0 Å². The molecule has 0 aliphatic carbocycles. The van der Waals surface area contributed by atoms with E-state index < -0.39 is 0 Å². The highest BCUT2D eigenvalue weighted by Gasteiger charge is 2.14. The van der Waals surface area contributed by atoms with Crippen molar-refractivity contribution in [3.05, 3.63) is 83.6 Å². The molecule has 2 aromatic heterocycles. The summed E-state index contributed by atoms with van der Waals surface area (Å²) in [6.45, 7) is 4.80. The van der Waals surface area contributed by atoms with Crippen LogP contribution in [0.15, 0.2) is 71.4 Å². The summed E-state index contributed by atoms with van der Waals surface area (Å²) in [5.41, 5.74) is 5.33. The maximum atomic E-state index is 5.50. The molecular weight excluding hydrogens is 336 g/mol. The minimum atomic E-state index is 0.449. The summed E-state index contributed by atoms with van der Waals surface area (Å²) >= 11 is 0. The smallest absolute Gasteiger partial charge is 0.261 e. The number of hydrogen-bond acceptors (Lipinski definition) is 5. The molecule has 0 bridgehead atoms. The molecule has 0 aliphatic rings. The molecule has 0 saturated heterocycles. The van der Waals surface area contributed by atoms with E-state index >= 15 is 0 Å². The van der Waals surface area contributed by atoms with E-state index in [1.165, 1.54) is 16.7 Å². The van der Waals surface area contributed by atoms with Crippen molar-refractivity contribution in [1.29, 1.82) is 0 Å². The highest BCUT2D eigenvalue weighted by molar-refractivity contribution is 5.70. The molecule has 134 valence electrons. The Bertz CT molecular complexity index is 1040. The lowest BCUT2D eigenvalue weighted by Gasteiger charge is -2.08. The van der Waals surface area contributed by atoms with Crippen LogP contribution in [-0.4, -0.2) is 15.1 Å². The van der Waals surface area contributed by atoms with Gasteiger partial charge in [0.05, 0.1) is 5.56 Å². The Morgan fingerprint density at radius 1 is 0.889 bits per heavy atom. The van der Waals surface area contributed by atoms with Crippen molar-refractivity contribution >= 4 is 5.82 Å². The van der Waals surface area contributed by atoms with Crippen molar-refractivity contribution in [3.8, 4) is 22.8 Å². The zero-order chi connectivity index (χ0) is 18.6. The first-order valence-electron chi connectivity index (χ1n) is 8.84. The minimum Gasteiger partial charge on any atom is -0.365 e. The molecule has 4 aromatic rings. The first kappa shape index (κ1) is 17.0. The van der Waals surface area contributed by atoms with Gasteiger partial charge in [0.2, 0.25) is 5.82 Å². The van der Waals surface area contributed by atoms with E-state index in [1.807, 2.05) is 43.3 Å². The molecule has 0 fully saturated rings. The molecule has 0 radical (unpaired) electrons. The van der Waals surface area contributed by atoms with Gasteiger partial charge in [-0.05, 0) is 31.5 Å². The summed E-state index contributed by atoms with van der Waals surface area (Å²) in [6.07, 6.45) is 1.75. The van der Waals surface area contributed by atoms with Gasteiger partial charge in [-0.15, -0.1) is 0 Å². The Kier molecular flexibility index (Phi) is 4.66. The summed E-state index contributed by atoms with van der Waals surface area (Å²) in [5, 5.41) is 7.49. The van der Waals surface area contributed by atoms with Crippen molar-refractivity contribution in [2.45, 2.75) is 20.4 Å². The summed E-state index contributed by atoms with van der Waals surface area (Å²) in [6, 6.07) is 20.2. The van der Waals surface area contributed by atoms with E-state index in [9.17, 15) is 0 Å². The highest BCUT2D eigenvalue weighted by atomic mass is 16.5. The van der Waals surface area contributed by atoms with Gasteiger partial charge in [0, 0.05) is 18.3 Å². The predicted molar refractivity (Wildman–Crippen MR) is 106 cm³/mol. The number of aryl methyl sites for hydroxylation is 2. The van der Waals surface area contributed by atoms with Crippen molar-refractivity contribution in [1.82, 2.24) is 15.1 Å². The Labute approximate surface area is 158 Å². The number of benzene rings is 2. The molecule has 0 spiro atoms. The number of aromatic nitrogens is 3. The molecule has 27 heavy (non-hydrogen) atoms. The van der Waals surface area contributed by atoms with E-state index in [2.05, 4.69) is 51.6 Å². The van der Waals surface area contributed by atoms with Crippen molar-refractivity contribution in [2.75, 3.05) is 5.32 Å². The van der Waals surface area contributed by atoms with Gasteiger partial charge in [0.1, 0.15) is 5.82 Å². The van der Waals surface area contributed by atoms with Crippen LogP contribution in [-0.2, 0) is 6.54 Å². The molecule has 0 aliphatic heterocycles. The quantitative estimate of drug-likeness (QED) is 0.543. The van der Waals surface area contributed by atoms with E-state index in [1.54, 1.807) is 6.20 Å². The van der Waals surface area contributed by atoms with E-state index in [-0.39, 0.29) is 0 Å². The van der Waals surface area contributed by atoms with Crippen LogP contribution in [0.2, 0.25) is 0 Å². The molecule has 1 N–H and O–H groups in total. The average Bonchev–Trinajstić information content (AvgIpc) is 3.18. The van der Waals surface area contributed by atoms with Gasteiger partial charge in [-0.1, -0.05) is 64.8 Å². The third-order valence-electron chi connectivity index (χ3n) is 4.35. The van der Waals surface area contributed by atoms with Crippen LogP contribution < -0.4 is 5.32 Å². The van der Waals surface area contributed by atoms with Gasteiger partial charge in [-0.2, -0.15) is 4.98 Å². The molecule has 0 unspecified atom stereocenters. The fraction of sp³-hybridized carbons (Fsp3) is 0.136. The first-order valence-corrected chi connectivity index (χ1v) is 8.84. The zero-order valence-electron chi connectivity index (χ0n) is 15.3. The van der Waals surface area contributed by atoms with Gasteiger partial charge in [-0.3, -0.25) is 0 Å². The zero-order valence-corrected chi connectivity index (χ0v) is 15.3. The largest absolute Gasteiger partial charge is 0.365 e. The second-order valence-corrected chi connectivity index (χ2v) is 6.53. The second kappa shape index (κ2) is 7.41. The number of rotatable bonds is 5. The Morgan fingerprint density at radius 3 is 2.33 bits per heavy atom. The summed E-state index contributed by atoms with van der Waals surface area (Å²) < 4.78 is 5.50. The second-order valence-electron chi connectivity index (χ2n) is 6.53. The maximum absolute atomic E-state index is 5.50. The molecule has 2 heterocycles. The van der Waals surface area contributed by atoms with Gasteiger partial charge < -0.3 is 9.84 Å². The molecule has 5 nitrogen and oxygen atoms in total. The maximum Gasteiger partial charge on any atom is 0.261 e. The number of pyridine rings is 1. The lowest BCUT2D eigenvalue weighted by molar-refractivity contribution is 0.432. The van der Waals surface area contributed by atoms with Crippen LogP contribution in [0.1, 0.15) is 16.7 Å². The highest BCUT2D eigenvalue weighted by Crippen LogP contribution is 2.27. The van der Waals surface area contributed by atoms with Crippen LogP contribution in [0.4, 0.5) is 5.82 Å². The third kappa shape index (κ3) is 3.87. The van der Waals surface area contributed by atoms with Crippen molar-refractivity contribution in [3.63, 3.8) is 0 Å². The fourth-order valence-electron chi connectivity index (χ4n) is 2.76. The molecule has 2 aromatic carbocycles. The molecule has 5 heteroatoms. The topological polar surface area (TPSA) is 63.8 Å². The standard InChI is InChI=1S/C22H20N4O/c1-15-5-9-17(10-6-15)14-24-21-19(4-3-13-23-21)22-25-20(26-27-22)18-11-7-16(2)8-12-18/h3-13H,14H2,1-2H3,(H,23,24). The Balaban J connectivity index is 1.57. The molecule has 4 rings (SSSR count). The SMILES string of the molecule is Cc1ccc(CNc2ncccc2-c2nc(-c3ccc(C)cc3)no2)cc1. The van der Waals surface area contributed by atoms with Crippen LogP contribution in [0.3, 0.4) is 0 Å². The van der Waals surface area contributed by atoms with Crippen LogP contribution in [0, 0.1) is 13.8 Å². The average molecular weight is 356 g/mol. The summed E-state index contributed by atoms with van der Waals surface area (Å²) in [5.74, 6) is 1.74.